The third kappa shape index (κ3) is 4.20. The summed E-state index contributed by atoms with van der Waals surface area (Å²) in [6, 6.07) is 6.95. The van der Waals surface area contributed by atoms with Crippen LogP contribution in [0.15, 0.2) is 29.2 Å². The Morgan fingerprint density at radius 2 is 1.76 bits per heavy atom. The Kier molecular flexibility index (Phi) is 5.65. The number of aliphatic hydroxyl groups excluding tert-OH is 1. The minimum absolute atomic E-state index is 0.125. The average Bonchev–Trinajstić information content (AvgIpc) is 2.53. The molecule has 2 unspecified atom stereocenters. The molecule has 0 saturated heterocycles. The number of anilines is 1. The van der Waals surface area contributed by atoms with Crippen molar-refractivity contribution in [3.05, 3.63) is 24.3 Å². The first kappa shape index (κ1) is 16.3. The predicted octanol–water partition coefficient (Wildman–Crippen LogP) is 2.69. The predicted molar refractivity (Wildman–Crippen MR) is 85.2 cm³/mol. The van der Waals surface area contributed by atoms with E-state index in [4.69, 9.17) is 0 Å². The smallest absolute Gasteiger partial charge is 0.178 e. The van der Waals surface area contributed by atoms with Gasteiger partial charge in [0.15, 0.2) is 9.84 Å². The molecule has 0 spiro atoms. The van der Waals surface area contributed by atoms with Crippen molar-refractivity contribution < 1.29 is 13.5 Å². The third-order valence-electron chi connectivity index (χ3n) is 4.46. The van der Waals surface area contributed by atoms with Crippen LogP contribution in [0.5, 0.6) is 0 Å². The number of sulfone groups is 1. The number of hydrogen-bond acceptors (Lipinski definition) is 4. The lowest BCUT2D eigenvalue weighted by Gasteiger charge is -2.30. The summed E-state index contributed by atoms with van der Waals surface area (Å²) in [6.45, 7) is 2.75. The highest BCUT2D eigenvalue weighted by molar-refractivity contribution is 7.91. The van der Waals surface area contributed by atoms with Gasteiger partial charge in [0.25, 0.3) is 0 Å². The van der Waals surface area contributed by atoms with Gasteiger partial charge in [-0.2, -0.15) is 0 Å². The molecule has 21 heavy (non-hydrogen) atoms. The van der Waals surface area contributed by atoms with E-state index in [1.165, 1.54) is 12.8 Å². The number of hydrogen-bond donors (Lipinski definition) is 2. The first-order valence-corrected chi connectivity index (χ1v) is 9.39. The molecule has 1 aliphatic carbocycles. The monoisotopic (exact) mass is 311 g/mol. The van der Waals surface area contributed by atoms with E-state index in [0.717, 1.165) is 25.1 Å². The Morgan fingerprint density at radius 3 is 2.33 bits per heavy atom. The number of aliphatic hydroxyl groups is 1. The quantitative estimate of drug-likeness (QED) is 0.847. The van der Waals surface area contributed by atoms with Gasteiger partial charge >= 0.3 is 0 Å². The second-order valence-corrected chi connectivity index (χ2v) is 8.07. The molecule has 2 N–H and O–H groups in total. The van der Waals surface area contributed by atoms with Crippen LogP contribution in [0.3, 0.4) is 0 Å². The largest absolute Gasteiger partial charge is 0.396 e. The van der Waals surface area contributed by atoms with Crippen LogP contribution in [0.25, 0.3) is 0 Å². The summed E-state index contributed by atoms with van der Waals surface area (Å²) in [7, 11) is -3.12. The summed E-state index contributed by atoms with van der Waals surface area (Å²) in [6.07, 6.45) is 4.71. The topological polar surface area (TPSA) is 66.4 Å². The van der Waals surface area contributed by atoms with Gasteiger partial charge in [0, 0.05) is 18.8 Å². The fourth-order valence-electron chi connectivity index (χ4n) is 2.99. The van der Waals surface area contributed by atoms with Gasteiger partial charge in [0.05, 0.1) is 10.6 Å². The molecule has 4 nitrogen and oxygen atoms in total. The van der Waals surface area contributed by atoms with E-state index >= 15 is 0 Å². The molecule has 1 aromatic carbocycles. The highest BCUT2D eigenvalue weighted by Crippen LogP contribution is 2.30. The molecule has 1 aliphatic rings. The molecule has 1 fully saturated rings. The lowest BCUT2D eigenvalue weighted by molar-refractivity contribution is 0.141. The average molecular weight is 311 g/mol. The van der Waals surface area contributed by atoms with Crippen LogP contribution in [0.1, 0.15) is 32.6 Å². The maximum atomic E-state index is 11.8. The molecule has 0 aliphatic heterocycles. The van der Waals surface area contributed by atoms with E-state index in [0.29, 0.717) is 16.7 Å². The van der Waals surface area contributed by atoms with Crippen LogP contribution in [-0.4, -0.2) is 32.4 Å². The highest BCUT2D eigenvalue weighted by Gasteiger charge is 2.24. The first-order valence-electron chi connectivity index (χ1n) is 7.74. The summed E-state index contributed by atoms with van der Waals surface area (Å²) in [5.74, 6) is 1.02. The first-order chi connectivity index (χ1) is 10.1. The lowest BCUT2D eigenvalue weighted by atomic mass is 9.79. The van der Waals surface area contributed by atoms with Crippen molar-refractivity contribution in [3.8, 4) is 0 Å². The fourth-order valence-corrected chi connectivity index (χ4v) is 3.87. The molecule has 0 heterocycles. The minimum Gasteiger partial charge on any atom is -0.396 e. The summed E-state index contributed by atoms with van der Waals surface area (Å²) < 4.78 is 23.5. The van der Waals surface area contributed by atoms with Crippen molar-refractivity contribution in [3.63, 3.8) is 0 Å². The second-order valence-electron chi connectivity index (χ2n) is 5.80. The molecular formula is C16H25NO3S. The maximum Gasteiger partial charge on any atom is 0.178 e. The molecule has 0 radical (unpaired) electrons. The Labute approximate surface area is 127 Å². The zero-order valence-corrected chi connectivity index (χ0v) is 13.4. The molecule has 5 heteroatoms. The second kappa shape index (κ2) is 7.27. The van der Waals surface area contributed by atoms with E-state index in [1.807, 2.05) is 12.1 Å². The lowest BCUT2D eigenvalue weighted by Crippen LogP contribution is -2.28. The van der Waals surface area contributed by atoms with Crippen molar-refractivity contribution in [1.82, 2.24) is 0 Å². The van der Waals surface area contributed by atoms with Gasteiger partial charge in [-0.25, -0.2) is 8.42 Å². The molecular weight excluding hydrogens is 286 g/mol. The Morgan fingerprint density at radius 1 is 1.14 bits per heavy atom. The van der Waals surface area contributed by atoms with Gasteiger partial charge in [-0.3, -0.25) is 0 Å². The number of nitrogens with one attached hydrogen (secondary N) is 1. The van der Waals surface area contributed by atoms with Crippen molar-refractivity contribution in [2.24, 2.45) is 11.8 Å². The molecule has 1 saturated carbocycles. The number of benzene rings is 1. The van der Waals surface area contributed by atoms with E-state index in [-0.39, 0.29) is 12.4 Å². The van der Waals surface area contributed by atoms with Crippen LogP contribution < -0.4 is 5.32 Å². The molecule has 0 amide bonds. The van der Waals surface area contributed by atoms with E-state index in [1.54, 1.807) is 19.1 Å². The van der Waals surface area contributed by atoms with Crippen molar-refractivity contribution >= 4 is 15.5 Å². The van der Waals surface area contributed by atoms with Crippen molar-refractivity contribution in [1.29, 1.82) is 0 Å². The van der Waals surface area contributed by atoms with Crippen LogP contribution in [0.4, 0.5) is 5.69 Å². The molecule has 118 valence electrons. The SMILES string of the molecule is CCS(=O)(=O)c1ccc(NCC2CCCCC2CO)cc1. The van der Waals surface area contributed by atoms with Gasteiger partial charge in [0.1, 0.15) is 0 Å². The van der Waals surface area contributed by atoms with Gasteiger partial charge in [-0.15, -0.1) is 0 Å². The van der Waals surface area contributed by atoms with Crippen LogP contribution in [0.2, 0.25) is 0 Å². The van der Waals surface area contributed by atoms with Gasteiger partial charge in [-0.05, 0) is 48.9 Å². The van der Waals surface area contributed by atoms with E-state index in [9.17, 15) is 13.5 Å². The van der Waals surface area contributed by atoms with Crippen molar-refractivity contribution in [2.75, 3.05) is 24.2 Å². The highest BCUT2D eigenvalue weighted by atomic mass is 32.2. The van der Waals surface area contributed by atoms with E-state index < -0.39 is 9.84 Å². The Balaban J connectivity index is 1.94. The summed E-state index contributed by atoms with van der Waals surface area (Å²) in [4.78, 5) is 0.376. The van der Waals surface area contributed by atoms with Crippen LogP contribution in [0, 0.1) is 11.8 Å². The molecule has 1 aromatic rings. The molecule has 2 atom stereocenters. The molecule has 2 rings (SSSR count). The zero-order chi connectivity index (χ0) is 15.3. The van der Waals surface area contributed by atoms with Gasteiger partial charge < -0.3 is 10.4 Å². The summed E-state index contributed by atoms with van der Waals surface area (Å²) in [5, 5.41) is 12.8. The van der Waals surface area contributed by atoms with Crippen LogP contribution >= 0.6 is 0 Å². The number of rotatable bonds is 6. The van der Waals surface area contributed by atoms with E-state index in [2.05, 4.69) is 5.32 Å². The summed E-state index contributed by atoms with van der Waals surface area (Å²) >= 11 is 0. The minimum atomic E-state index is -3.12. The summed E-state index contributed by atoms with van der Waals surface area (Å²) in [5.41, 5.74) is 0.937. The Bertz CT molecular complexity index is 539. The normalized spacial score (nSPS) is 23.0. The van der Waals surface area contributed by atoms with Gasteiger partial charge in [-0.1, -0.05) is 19.8 Å². The maximum absolute atomic E-state index is 11.8. The Hall–Kier alpha value is -1.07. The zero-order valence-electron chi connectivity index (χ0n) is 12.6. The fraction of sp³-hybridized carbons (Fsp3) is 0.625. The molecule has 0 aromatic heterocycles. The standard InChI is InChI=1S/C16H25NO3S/c1-2-21(19,20)16-9-7-15(8-10-16)17-11-13-5-3-4-6-14(13)12-18/h7-10,13-14,17-18H,2-6,11-12H2,1H3. The van der Waals surface area contributed by atoms with Crippen LogP contribution in [-0.2, 0) is 9.84 Å². The van der Waals surface area contributed by atoms with Crippen molar-refractivity contribution in [2.45, 2.75) is 37.5 Å². The van der Waals surface area contributed by atoms with Gasteiger partial charge in [0.2, 0.25) is 0 Å². The molecule has 0 bridgehead atoms. The third-order valence-corrected chi connectivity index (χ3v) is 6.21.